The summed E-state index contributed by atoms with van der Waals surface area (Å²) in [5.74, 6) is 0. The first-order chi connectivity index (χ1) is 13.0. The number of anilines is 1. The van der Waals surface area contributed by atoms with Crippen LogP contribution in [0.1, 0.15) is 99.8 Å². The minimum absolute atomic E-state index is 0.0292. The van der Waals surface area contributed by atoms with Crippen molar-refractivity contribution >= 4 is 38.0 Å². The topological polar surface area (TPSA) is 15.3 Å². The third-order valence-electron chi connectivity index (χ3n) is 5.27. The van der Waals surface area contributed by atoms with Crippen LogP contribution in [0.4, 0.5) is 5.69 Å². The third-order valence-corrected chi connectivity index (χ3v) is 16.8. The Morgan fingerprint density at radius 2 is 1.10 bits per heavy atom. The second-order valence-electron chi connectivity index (χ2n) is 13.7. The molecule has 1 unspecified atom stereocenters. The fraction of sp³-hybridized carbons (Fsp3) is 0.760. The molecule has 0 bridgehead atoms. The van der Waals surface area contributed by atoms with E-state index in [9.17, 15) is 0 Å². The predicted molar refractivity (Wildman–Crippen MR) is 143 cm³/mol. The summed E-state index contributed by atoms with van der Waals surface area (Å²) in [4.78, 5) is 0. The van der Waals surface area contributed by atoms with Gasteiger partial charge in [-0.1, -0.05) is 0 Å². The van der Waals surface area contributed by atoms with Crippen LogP contribution in [-0.4, -0.2) is 31.4 Å². The zero-order valence-electron chi connectivity index (χ0n) is 22.4. The Morgan fingerprint density at radius 3 is 1.33 bits per heavy atom. The van der Waals surface area contributed by atoms with Crippen molar-refractivity contribution in [3.05, 3.63) is 28.8 Å². The van der Waals surface area contributed by atoms with Gasteiger partial charge in [0.25, 0.3) is 0 Å². The van der Waals surface area contributed by atoms with E-state index >= 15 is 0 Å². The van der Waals surface area contributed by atoms with Gasteiger partial charge in [0.2, 0.25) is 0 Å². The first-order valence-electron chi connectivity index (χ1n) is 11.2. The Bertz CT molecular complexity index is 692. The molecule has 0 saturated heterocycles. The van der Waals surface area contributed by atoms with Crippen molar-refractivity contribution in [1.82, 2.24) is 3.48 Å². The van der Waals surface area contributed by atoms with Gasteiger partial charge >= 0.3 is 199 Å². The number of halogens is 1. The molecule has 1 atom stereocenters. The number of nitrogens with one attached hydrogen (secondary N) is 1. The van der Waals surface area contributed by atoms with Gasteiger partial charge in [-0.25, -0.2) is 0 Å². The third kappa shape index (κ3) is 7.02. The van der Waals surface area contributed by atoms with Crippen LogP contribution in [0.2, 0.25) is 19.6 Å². The maximum atomic E-state index is 7.32. The van der Waals surface area contributed by atoms with Crippen LogP contribution in [-0.2, 0) is 16.2 Å². The molecule has 0 aromatic heterocycles. The van der Waals surface area contributed by atoms with Crippen LogP contribution >= 0.6 is 9.95 Å². The van der Waals surface area contributed by atoms with Crippen LogP contribution in [0.15, 0.2) is 12.1 Å². The van der Waals surface area contributed by atoms with Crippen LogP contribution in [0, 0.1) is 0 Å². The number of benzene rings is 1. The Balaban J connectivity index is 3.80. The van der Waals surface area contributed by atoms with E-state index in [-0.39, 0.29) is 21.8 Å². The Hall–Kier alpha value is 0.0453. The SMILES string of the molecule is CC(C)(C)c1cc(C(C)(C)C)c(N[As](Cl)N(C(C)(C)C)[Si](C)(C)C)c(C(C)(C)C)c1. The summed E-state index contributed by atoms with van der Waals surface area (Å²) in [6, 6.07) is 4.85. The zero-order chi connectivity index (χ0) is 24.1. The summed E-state index contributed by atoms with van der Waals surface area (Å²) >= 11 is -2.02. The molecule has 0 aliphatic carbocycles. The van der Waals surface area contributed by atoms with E-state index < -0.39 is 22.4 Å². The quantitative estimate of drug-likeness (QED) is 0.408. The van der Waals surface area contributed by atoms with Crippen LogP contribution in [0.3, 0.4) is 0 Å². The van der Waals surface area contributed by atoms with E-state index in [0.29, 0.717) is 0 Å². The van der Waals surface area contributed by atoms with Gasteiger partial charge in [-0.15, -0.1) is 0 Å². The van der Waals surface area contributed by atoms with E-state index in [1.807, 2.05) is 0 Å². The second-order valence-corrected chi connectivity index (χ2v) is 23.4. The molecule has 0 spiro atoms. The number of hydrogen-bond acceptors (Lipinski definition) is 2. The normalized spacial score (nSPS) is 15.5. The summed E-state index contributed by atoms with van der Waals surface area (Å²) in [6.07, 6.45) is 0. The zero-order valence-corrected chi connectivity index (χ0v) is 26.1. The molecule has 0 saturated carbocycles. The molecule has 1 rings (SSSR count). The Morgan fingerprint density at radius 1 is 0.733 bits per heavy atom. The fourth-order valence-corrected chi connectivity index (χ4v) is 17.5. The van der Waals surface area contributed by atoms with Crippen molar-refractivity contribution in [1.29, 1.82) is 0 Å². The van der Waals surface area contributed by atoms with E-state index in [1.165, 1.54) is 22.4 Å². The molecule has 0 aliphatic heterocycles. The first-order valence-corrected chi connectivity index (χ1v) is 18.9. The van der Waals surface area contributed by atoms with Gasteiger partial charge in [-0.3, -0.25) is 0 Å². The number of hydrogen-bond donors (Lipinski definition) is 1. The van der Waals surface area contributed by atoms with Gasteiger partial charge < -0.3 is 0 Å². The monoisotopic (exact) mass is 514 g/mol. The molecule has 0 heterocycles. The van der Waals surface area contributed by atoms with Crippen molar-refractivity contribution < 1.29 is 0 Å². The van der Waals surface area contributed by atoms with Gasteiger partial charge in [0.15, 0.2) is 0 Å². The van der Waals surface area contributed by atoms with E-state index in [1.54, 1.807) is 0 Å². The molecule has 1 aromatic carbocycles. The molecule has 30 heavy (non-hydrogen) atoms. The van der Waals surface area contributed by atoms with Crippen LogP contribution in [0.25, 0.3) is 0 Å². The molecular formula is C25H48AsClN2Si. The van der Waals surface area contributed by atoms with Crippen molar-refractivity contribution in [2.24, 2.45) is 0 Å². The van der Waals surface area contributed by atoms with Crippen molar-refractivity contribution in [3.63, 3.8) is 0 Å². The summed E-state index contributed by atoms with van der Waals surface area (Å²) in [5, 5.41) is 0. The average Bonchev–Trinajstić information content (AvgIpc) is 2.39. The van der Waals surface area contributed by atoms with Gasteiger partial charge in [-0.05, 0) is 0 Å². The van der Waals surface area contributed by atoms with Crippen molar-refractivity contribution in [2.45, 2.75) is 125 Å². The Labute approximate surface area is 198 Å². The standard InChI is InChI=1S/C25H48AsClN2Si/c1-22(2,3)18-16-19(23(4,5)6)21(20(17-18)24(7,8)9)28-26(27)29(25(10,11)12)30(13,14)15/h16-17,28H,1-15H3. The van der Waals surface area contributed by atoms with Gasteiger partial charge in [-0.2, -0.15) is 0 Å². The minimum atomic E-state index is -2.02. The van der Waals surface area contributed by atoms with Gasteiger partial charge in [0.1, 0.15) is 0 Å². The molecule has 0 aliphatic rings. The molecule has 1 N–H and O–H groups in total. The van der Waals surface area contributed by atoms with Gasteiger partial charge in [0, 0.05) is 0 Å². The predicted octanol–water partition coefficient (Wildman–Crippen LogP) is 8.15. The Kier molecular flexibility index (Phi) is 8.21. The number of rotatable bonds is 4. The molecule has 1 aromatic rings. The maximum absolute atomic E-state index is 7.32. The summed E-state index contributed by atoms with van der Waals surface area (Å²) in [6.45, 7) is 34.9. The number of nitrogens with zero attached hydrogens (tertiary/aromatic N) is 1. The van der Waals surface area contributed by atoms with Crippen LogP contribution in [0.5, 0.6) is 0 Å². The molecule has 0 fully saturated rings. The van der Waals surface area contributed by atoms with E-state index in [0.717, 1.165) is 0 Å². The van der Waals surface area contributed by atoms with Gasteiger partial charge in [0.05, 0.1) is 0 Å². The van der Waals surface area contributed by atoms with Crippen molar-refractivity contribution in [3.8, 4) is 0 Å². The summed E-state index contributed by atoms with van der Waals surface area (Å²) in [7, 11) is 5.72. The molecule has 0 amide bonds. The molecule has 5 heteroatoms. The summed E-state index contributed by atoms with van der Waals surface area (Å²) in [5.41, 5.74) is 5.64. The fourth-order valence-electron chi connectivity index (χ4n) is 4.05. The first kappa shape index (κ1) is 28.1. The van der Waals surface area contributed by atoms with E-state index in [2.05, 4.69) is 123 Å². The molecule has 2 nitrogen and oxygen atoms in total. The second kappa shape index (κ2) is 8.77. The van der Waals surface area contributed by atoms with E-state index in [4.69, 9.17) is 9.95 Å². The average molecular weight is 515 g/mol. The molecule has 174 valence electrons. The molecule has 0 radical (unpaired) electrons. The van der Waals surface area contributed by atoms with Crippen molar-refractivity contribution in [2.75, 3.05) is 4.23 Å². The summed E-state index contributed by atoms with van der Waals surface area (Å²) < 4.78 is 6.60. The molecular weight excluding hydrogens is 467 g/mol. The van der Waals surface area contributed by atoms with Crippen LogP contribution < -0.4 is 4.23 Å².